The number of rotatable bonds is 5. The van der Waals surface area contributed by atoms with Gasteiger partial charge in [-0.1, -0.05) is 36.4 Å². The van der Waals surface area contributed by atoms with Gasteiger partial charge in [-0.3, -0.25) is 0 Å². The van der Waals surface area contributed by atoms with Crippen LogP contribution in [0.15, 0.2) is 48.5 Å². The molecule has 1 saturated heterocycles. The molecule has 6 nitrogen and oxygen atoms in total. The number of hydrogen-bond acceptors (Lipinski definition) is 6. The summed E-state index contributed by atoms with van der Waals surface area (Å²) in [5.74, 6) is 0.479. The van der Waals surface area contributed by atoms with Crippen LogP contribution in [0.25, 0.3) is 22.0 Å². The number of methoxy groups -OCH3 is 1. The predicted octanol–water partition coefficient (Wildman–Crippen LogP) is 3.89. The molecule has 2 aromatic carbocycles. The number of alkyl halides is 3. The average molecular weight is 433 g/mol. The van der Waals surface area contributed by atoms with Crippen molar-refractivity contribution in [3.8, 4) is 11.3 Å². The van der Waals surface area contributed by atoms with Gasteiger partial charge in [0.1, 0.15) is 11.3 Å². The number of nitrogens with zero attached hydrogens (tertiary/aromatic N) is 2. The maximum atomic E-state index is 12.9. The maximum absolute atomic E-state index is 12.9. The number of fused-ring (bicyclic) bond motifs is 1. The summed E-state index contributed by atoms with van der Waals surface area (Å²) in [6.07, 6.45) is -3.85. The van der Waals surface area contributed by atoms with E-state index < -0.39 is 17.3 Å². The molecule has 1 aromatic heterocycles. The van der Waals surface area contributed by atoms with E-state index in [4.69, 9.17) is 9.47 Å². The Kier molecular flexibility index (Phi) is 5.83. The second kappa shape index (κ2) is 8.41. The summed E-state index contributed by atoms with van der Waals surface area (Å²) in [7, 11) is 1.51. The fraction of sp³-hybridized carbons (Fsp3) is 0.364. The van der Waals surface area contributed by atoms with E-state index in [1.807, 2.05) is 24.3 Å². The molecule has 2 N–H and O–H groups in total. The first-order chi connectivity index (χ1) is 14.8. The van der Waals surface area contributed by atoms with Gasteiger partial charge in [-0.05, 0) is 18.6 Å². The number of halogens is 3. The Morgan fingerprint density at radius 1 is 1.13 bits per heavy atom. The quantitative estimate of drug-likeness (QED) is 0.636. The van der Waals surface area contributed by atoms with Crippen LogP contribution in [0.1, 0.15) is 12.0 Å². The standard InChI is InChI=1S/C22H22F3N3O3/c1-30-12-21(29)13-31-11-10-18(21)26-20-17-5-3-2-4-16(17)19(27-28-20)14-6-8-15(9-7-14)22(23,24)25/h2-9,18,29H,10-13H2,1H3,(H,26,28)/t18-,21+/m1/s1. The Labute approximate surface area is 177 Å². The third-order valence-electron chi connectivity index (χ3n) is 5.43. The van der Waals surface area contributed by atoms with Crippen LogP contribution in [0.2, 0.25) is 0 Å². The second-order valence-electron chi connectivity index (χ2n) is 7.59. The van der Waals surface area contributed by atoms with Gasteiger partial charge in [0.2, 0.25) is 0 Å². The van der Waals surface area contributed by atoms with Gasteiger partial charge < -0.3 is 19.9 Å². The van der Waals surface area contributed by atoms with Gasteiger partial charge in [0.05, 0.1) is 24.8 Å². The van der Waals surface area contributed by atoms with E-state index >= 15 is 0 Å². The minimum Gasteiger partial charge on any atom is -0.383 e. The van der Waals surface area contributed by atoms with Crippen molar-refractivity contribution in [3.63, 3.8) is 0 Å². The molecule has 1 aliphatic heterocycles. The van der Waals surface area contributed by atoms with Crippen LogP contribution in [0.5, 0.6) is 0 Å². The highest BCUT2D eigenvalue weighted by Crippen LogP contribution is 2.34. The molecular weight excluding hydrogens is 411 g/mol. The van der Waals surface area contributed by atoms with Crippen molar-refractivity contribution >= 4 is 16.6 Å². The van der Waals surface area contributed by atoms with Gasteiger partial charge in [0.15, 0.2) is 5.82 Å². The topological polar surface area (TPSA) is 76.5 Å². The van der Waals surface area contributed by atoms with Gasteiger partial charge in [-0.15, -0.1) is 10.2 Å². The second-order valence-corrected chi connectivity index (χ2v) is 7.59. The van der Waals surface area contributed by atoms with E-state index in [1.165, 1.54) is 19.2 Å². The normalized spacial score (nSPS) is 21.9. The zero-order valence-electron chi connectivity index (χ0n) is 16.8. The molecule has 0 radical (unpaired) electrons. The summed E-state index contributed by atoms with van der Waals surface area (Å²) < 4.78 is 49.3. The lowest BCUT2D eigenvalue weighted by atomic mass is 9.91. The van der Waals surface area contributed by atoms with Gasteiger partial charge in [0.25, 0.3) is 0 Å². The highest BCUT2D eigenvalue weighted by Gasteiger charge is 2.40. The molecule has 0 aliphatic carbocycles. The largest absolute Gasteiger partial charge is 0.416 e. The average Bonchev–Trinajstić information content (AvgIpc) is 2.75. The smallest absolute Gasteiger partial charge is 0.383 e. The third kappa shape index (κ3) is 4.34. The molecule has 9 heteroatoms. The number of nitrogens with one attached hydrogen (secondary N) is 1. The van der Waals surface area contributed by atoms with E-state index in [0.29, 0.717) is 30.1 Å². The Hall–Kier alpha value is -2.75. The molecule has 0 bridgehead atoms. The van der Waals surface area contributed by atoms with E-state index in [0.717, 1.165) is 22.9 Å². The van der Waals surface area contributed by atoms with Gasteiger partial charge in [-0.25, -0.2) is 0 Å². The molecule has 4 rings (SSSR count). The molecule has 1 fully saturated rings. The molecule has 0 unspecified atom stereocenters. The predicted molar refractivity (Wildman–Crippen MR) is 110 cm³/mol. The number of hydrogen-bond donors (Lipinski definition) is 2. The third-order valence-corrected chi connectivity index (χ3v) is 5.43. The van der Waals surface area contributed by atoms with Crippen molar-refractivity contribution in [2.75, 3.05) is 32.2 Å². The van der Waals surface area contributed by atoms with Crippen LogP contribution < -0.4 is 5.32 Å². The Morgan fingerprint density at radius 3 is 2.52 bits per heavy atom. The SMILES string of the molecule is COC[C@]1(O)COCC[C@H]1Nc1nnc(-c2ccc(C(F)(F)F)cc2)c2ccccc12. The molecule has 31 heavy (non-hydrogen) atoms. The zero-order chi connectivity index (χ0) is 22.1. The summed E-state index contributed by atoms with van der Waals surface area (Å²) in [6, 6.07) is 11.9. The molecule has 0 spiro atoms. The monoisotopic (exact) mass is 433 g/mol. The van der Waals surface area contributed by atoms with Crippen LogP contribution in [0, 0.1) is 0 Å². The molecule has 164 valence electrons. The van der Waals surface area contributed by atoms with Crippen molar-refractivity contribution in [3.05, 3.63) is 54.1 Å². The van der Waals surface area contributed by atoms with Crippen LogP contribution in [0.4, 0.5) is 19.0 Å². The van der Waals surface area contributed by atoms with Crippen LogP contribution >= 0.6 is 0 Å². The number of ether oxygens (including phenoxy) is 2. The molecular formula is C22H22F3N3O3. The molecule has 0 amide bonds. The summed E-state index contributed by atoms with van der Waals surface area (Å²) >= 11 is 0. The fourth-order valence-corrected chi connectivity index (χ4v) is 3.82. The van der Waals surface area contributed by atoms with E-state index in [2.05, 4.69) is 15.5 Å². The summed E-state index contributed by atoms with van der Waals surface area (Å²) in [4.78, 5) is 0. The van der Waals surface area contributed by atoms with E-state index in [1.54, 1.807) is 0 Å². The first-order valence-electron chi connectivity index (χ1n) is 9.80. The Morgan fingerprint density at radius 2 is 1.84 bits per heavy atom. The van der Waals surface area contributed by atoms with Crippen LogP contribution in [-0.2, 0) is 15.7 Å². The minimum absolute atomic E-state index is 0.0969. The lowest BCUT2D eigenvalue weighted by Gasteiger charge is -2.39. The lowest BCUT2D eigenvalue weighted by molar-refractivity contribution is -0.137. The zero-order valence-corrected chi connectivity index (χ0v) is 16.8. The molecule has 3 aromatic rings. The molecule has 2 atom stereocenters. The first-order valence-corrected chi connectivity index (χ1v) is 9.80. The number of aliphatic hydroxyl groups is 1. The fourth-order valence-electron chi connectivity index (χ4n) is 3.82. The Bertz CT molecular complexity index is 1060. The number of aromatic nitrogens is 2. The Balaban J connectivity index is 1.70. The highest BCUT2D eigenvalue weighted by molar-refractivity contribution is 6.00. The maximum Gasteiger partial charge on any atom is 0.416 e. The molecule has 1 aliphatic rings. The number of benzene rings is 2. The van der Waals surface area contributed by atoms with Crippen molar-refractivity contribution in [1.29, 1.82) is 0 Å². The minimum atomic E-state index is -4.40. The summed E-state index contributed by atoms with van der Waals surface area (Å²) in [5, 5.41) is 24.3. The van der Waals surface area contributed by atoms with Gasteiger partial charge in [-0.2, -0.15) is 13.2 Å². The summed E-state index contributed by atoms with van der Waals surface area (Å²) in [5.41, 5.74) is -0.926. The lowest BCUT2D eigenvalue weighted by Crippen LogP contribution is -2.57. The molecule has 0 saturated carbocycles. The van der Waals surface area contributed by atoms with Crippen molar-refractivity contribution < 1.29 is 27.8 Å². The van der Waals surface area contributed by atoms with Gasteiger partial charge >= 0.3 is 6.18 Å². The molecule has 2 heterocycles. The van der Waals surface area contributed by atoms with Crippen LogP contribution in [-0.4, -0.2) is 53.9 Å². The highest BCUT2D eigenvalue weighted by atomic mass is 19.4. The van der Waals surface area contributed by atoms with E-state index in [9.17, 15) is 18.3 Å². The van der Waals surface area contributed by atoms with Crippen molar-refractivity contribution in [1.82, 2.24) is 10.2 Å². The van der Waals surface area contributed by atoms with Crippen molar-refractivity contribution in [2.45, 2.75) is 24.2 Å². The van der Waals surface area contributed by atoms with Gasteiger partial charge in [0, 0.05) is 30.1 Å². The van der Waals surface area contributed by atoms with E-state index in [-0.39, 0.29) is 19.3 Å². The van der Waals surface area contributed by atoms with Crippen LogP contribution in [0.3, 0.4) is 0 Å². The number of anilines is 1. The summed E-state index contributed by atoms with van der Waals surface area (Å²) in [6.45, 7) is 0.714. The van der Waals surface area contributed by atoms with Crippen molar-refractivity contribution in [2.24, 2.45) is 0 Å². The first kappa shape index (κ1) is 21.5.